The highest BCUT2D eigenvalue weighted by Crippen LogP contribution is 2.31. The zero-order valence-electron chi connectivity index (χ0n) is 14.5. The van der Waals surface area contributed by atoms with E-state index in [1.54, 1.807) is 6.92 Å². The summed E-state index contributed by atoms with van der Waals surface area (Å²) in [5.74, 6) is 0.774. The molecule has 1 aliphatic heterocycles. The topological polar surface area (TPSA) is 63.4 Å². The number of aldehydes is 1. The van der Waals surface area contributed by atoms with Gasteiger partial charge in [0.05, 0.1) is 6.54 Å². The van der Waals surface area contributed by atoms with Gasteiger partial charge in [0.2, 0.25) is 0 Å². The van der Waals surface area contributed by atoms with Crippen LogP contribution in [0.2, 0.25) is 0 Å². The molecule has 1 saturated heterocycles. The Hall–Kier alpha value is -1.94. The quantitative estimate of drug-likeness (QED) is 0.745. The fraction of sp³-hybridized carbons (Fsp3) is 0.500. The number of benzene rings is 1. The standard InChI is InChI=1S/C20H28N2O2/c1-15(24)3-8-20(16(2)21)19-6-4-17(5-7-19)18-9-11-22(12-10-18)13-14-23/h4-7,14,18,20H,2-3,8-13,21H2,1H3. The lowest BCUT2D eigenvalue weighted by Crippen LogP contribution is -2.34. The van der Waals surface area contributed by atoms with E-state index < -0.39 is 0 Å². The molecule has 1 atom stereocenters. The van der Waals surface area contributed by atoms with Crippen molar-refractivity contribution in [2.75, 3.05) is 19.6 Å². The Labute approximate surface area is 144 Å². The van der Waals surface area contributed by atoms with Gasteiger partial charge in [-0.1, -0.05) is 30.8 Å². The van der Waals surface area contributed by atoms with Crippen molar-refractivity contribution in [1.82, 2.24) is 4.90 Å². The lowest BCUT2D eigenvalue weighted by molar-refractivity contribution is -0.117. The van der Waals surface area contributed by atoms with Crippen molar-refractivity contribution in [2.45, 2.75) is 44.4 Å². The smallest absolute Gasteiger partial charge is 0.133 e. The summed E-state index contributed by atoms with van der Waals surface area (Å²) in [6.45, 7) is 7.99. The van der Waals surface area contributed by atoms with E-state index in [0.717, 1.165) is 37.8 Å². The van der Waals surface area contributed by atoms with Gasteiger partial charge in [-0.15, -0.1) is 0 Å². The number of hydrogen-bond acceptors (Lipinski definition) is 4. The maximum atomic E-state index is 11.2. The number of nitrogens with two attached hydrogens (primary N) is 1. The predicted octanol–water partition coefficient (Wildman–Crippen LogP) is 2.99. The van der Waals surface area contributed by atoms with Crippen molar-refractivity contribution >= 4 is 12.1 Å². The monoisotopic (exact) mass is 328 g/mol. The zero-order chi connectivity index (χ0) is 17.5. The van der Waals surface area contributed by atoms with Gasteiger partial charge in [0.25, 0.3) is 0 Å². The van der Waals surface area contributed by atoms with Gasteiger partial charge >= 0.3 is 0 Å². The van der Waals surface area contributed by atoms with E-state index in [2.05, 4.69) is 35.7 Å². The highest BCUT2D eigenvalue weighted by atomic mass is 16.1. The number of carbonyl (C=O) groups excluding carboxylic acids is 2. The zero-order valence-corrected chi connectivity index (χ0v) is 14.5. The summed E-state index contributed by atoms with van der Waals surface area (Å²) in [5.41, 5.74) is 9.03. The molecule has 1 aromatic rings. The first-order valence-corrected chi connectivity index (χ1v) is 8.70. The number of rotatable bonds is 8. The molecule has 0 amide bonds. The van der Waals surface area contributed by atoms with Crippen LogP contribution < -0.4 is 5.73 Å². The summed E-state index contributed by atoms with van der Waals surface area (Å²) in [7, 11) is 0. The average Bonchev–Trinajstić information content (AvgIpc) is 2.56. The second-order valence-corrected chi connectivity index (χ2v) is 6.78. The normalized spacial score (nSPS) is 17.4. The van der Waals surface area contributed by atoms with Crippen molar-refractivity contribution in [3.63, 3.8) is 0 Å². The summed E-state index contributed by atoms with van der Waals surface area (Å²) in [4.78, 5) is 24.0. The minimum absolute atomic E-state index is 0.0392. The van der Waals surface area contributed by atoms with Crippen LogP contribution in [0.15, 0.2) is 36.5 Å². The second kappa shape index (κ2) is 8.78. The summed E-state index contributed by atoms with van der Waals surface area (Å²) in [6.07, 6.45) is 4.40. The van der Waals surface area contributed by atoms with Crippen molar-refractivity contribution in [1.29, 1.82) is 0 Å². The number of ketones is 1. The van der Waals surface area contributed by atoms with Gasteiger partial charge in [-0.25, -0.2) is 0 Å². The SMILES string of the molecule is C=C(N)C(CCC(C)=O)c1ccc(C2CCN(CC=O)CC2)cc1. The summed E-state index contributed by atoms with van der Waals surface area (Å²) >= 11 is 0. The third-order valence-electron chi connectivity index (χ3n) is 4.96. The van der Waals surface area contributed by atoms with Gasteiger partial charge < -0.3 is 15.3 Å². The highest BCUT2D eigenvalue weighted by molar-refractivity contribution is 5.75. The van der Waals surface area contributed by atoms with Crippen LogP contribution in [0.5, 0.6) is 0 Å². The van der Waals surface area contributed by atoms with E-state index in [4.69, 9.17) is 5.73 Å². The Bertz CT molecular complexity index is 572. The van der Waals surface area contributed by atoms with Crippen LogP contribution in [-0.4, -0.2) is 36.6 Å². The number of piperidine rings is 1. The summed E-state index contributed by atoms with van der Waals surface area (Å²) in [5, 5.41) is 0. The van der Waals surface area contributed by atoms with Gasteiger partial charge in [-0.05, 0) is 56.3 Å². The molecule has 4 heteroatoms. The lowest BCUT2D eigenvalue weighted by Gasteiger charge is -2.31. The van der Waals surface area contributed by atoms with Crippen LogP contribution >= 0.6 is 0 Å². The first-order valence-electron chi connectivity index (χ1n) is 8.70. The molecule has 1 heterocycles. The number of likely N-dealkylation sites (tertiary alicyclic amines) is 1. The van der Waals surface area contributed by atoms with E-state index >= 15 is 0 Å². The maximum absolute atomic E-state index is 11.2. The van der Waals surface area contributed by atoms with Crippen LogP contribution in [-0.2, 0) is 9.59 Å². The molecule has 24 heavy (non-hydrogen) atoms. The number of hydrogen-bond donors (Lipinski definition) is 1. The molecule has 0 aromatic heterocycles. The molecular formula is C20H28N2O2. The minimum atomic E-state index is 0.0392. The molecule has 1 fully saturated rings. The van der Waals surface area contributed by atoms with Gasteiger partial charge in [-0.3, -0.25) is 4.90 Å². The third kappa shape index (κ3) is 5.03. The predicted molar refractivity (Wildman–Crippen MR) is 96.9 cm³/mol. The van der Waals surface area contributed by atoms with Crippen molar-refractivity contribution < 1.29 is 9.59 Å². The van der Waals surface area contributed by atoms with E-state index in [-0.39, 0.29) is 11.7 Å². The minimum Gasteiger partial charge on any atom is -0.402 e. The Kier molecular flexibility index (Phi) is 6.73. The van der Waals surface area contributed by atoms with Crippen molar-refractivity contribution in [3.05, 3.63) is 47.7 Å². The lowest BCUT2D eigenvalue weighted by atomic mass is 9.86. The molecule has 1 aromatic carbocycles. The first kappa shape index (κ1) is 18.4. The Balaban J connectivity index is 2.00. The van der Waals surface area contributed by atoms with Crippen molar-refractivity contribution in [3.8, 4) is 0 Å². The Morgan fingerprint density at radius 2 is 1.96 bits per heavy atom. The first-order chi connectivity index (χ1) is 11.5. The molecule has 0 spiro atoms. The molecular weight excluding hydrogens is 300 g/mol. The fourth-order valence-electron chi connectivity index (χ4n) is 3.47. The summed E-state index contributed by atoms with van der Waals surface area (Å²) < 4.78 is 0. The molecule has 1 aliphatic rings. The largest absolute Gasteiger partial charge is 0.402 e. The van der Waals surface area contributed by atoms with Gasteiger partial charge in [0.15, 0.2) is 0 Å². The Morgan fingerprint density at radius 3 is 2.46 bits per heavy atom. The maximum Gasteiger partial charge on any atom is 0.133 e. The molecule has 0 aliphatic carbocycles. The Morgan fingerprint density at radius 1 is 1.33 bits per heavy atom. The molecule has 2 rings (SSSR count). The van der Waals surface area contributed by atoms with Crippen LogP contribution in [0.25, 0.3) is 0 Å². The number of Topliss-reactive ketones (excluding diaryl/α,β-unsaturated/α-hetero) is 1. The van der Waals surface area contributed by atoms with Gasteiger partial charge in [0, 0.05) is 18.0 Å². The van der Waals surface area contributed by atoms with E-state index in [0.29, 0.717) is 31.0 Å². The molecule has 0 bridgehead atoms. The average molecular weight is 328 g/mol. The highest BCUT2D eigenvalue weighted by Gasteiger charge is 2.21. The van der Waals surface area contributed by atoms with E-state index in [1.807, 2.05) is 0 Å². The van der Waals surface area contributed by atoms with Crippen molar-refractivity contribution in [2.24, 2.45) is 5.73 Å². The molecule has 0 saturated carbocycles. The third-order valence-corrected chi connectivity index (χ3v) is 4.96. The van der Waals surface area contributed by atoms with Crippen LogP contribution in [0.4, 0.5) is 0 Å². The molecule has 1 unspecified atom stereocenters. The number of nitrogens with zero attached hydrogens (tertiary/aromatic N) is 1. The molecule has 4 nitrogen and oxygen atoms in total. The number of allylic oxidation sites excluding steroid dienone is 1. The fourth-order valence-corrected chi connectivity index (χ4v) is 3.47. The molecule has 2 N–H and O–H groups in total. The van der Waals surface area contributed by atoms with Gasteiger partial charge in [0.1, 0.15) is 12.1 Å². The second-order valence-electron chi connectivity index (χ2n) is 6.78. The number of carbonyl (C=O) groups is 2. The van der Waals surface area contributed by atoms with E-state index in [9.17, 15) is 9.59 Å². The van der Waals surface area contributed by atoms with Crippen LogP contribution in [0.1, 0.15) is 55.6 Å². The van der Waals surface area contributed by atoms with Crippen LogP contribution in [0, 0.1) is 0 Å². The molecule has 0 radical (unpaired) electrons. The van der Waals surface area contributed by atoms with Gasteiger partial charge in [-0.2, -0.15) is 0 Å². The van der Waals surface area contributed by atoms with E-state index in [1.165, 1.54) is 5.56 Å². The summed E-state index contributed by atoms with van der Waals surface area (Å²) in [6, 6.07) is 8.60. The van der Waals surface area contributed by atoms with Crippen LogP contribution in [0.3, 0.4) is 0 Å². The molecule has 130 valence electrons.